The third-order valence-corrected chi connectivity index (χ3v) is 4.71. The highest BCUT2D eigenvalue weighted by atomic mass is 79.9. The molecule has 0 aromatic heterocycles. The molecule has 4 nitrogen and oxygen atoms in total. The molecule has 0 spiro atoms. The van der Waals surface area contributed by atoms with Gasteiger partial charge in [-0.1, -0.05) is 40.3 Å². The number of benzene rings is 2. The Bertz CT molecular complexity index is 742. The Kier molecular flexibility index (Phi) is 5.60. The van der Waals surface area contributed by atoms with E-state index in [2.05, 4.69) is 20.8 Å². The van der Waals surface area contributed by atoms with Gasteiger partial charge in [0.25, 0.3) is 0 Å². The van der Waals surface area contributed by atoms with Crippen LogP contribution in [0.1, 0.15) is 15.9 Å². The Morgan fingerprint density at radius 3 is 2.46 bits per heavy atom. The van der Waals surface area contributed by atoms with Gasteiger partial charge in [0, 0.05) is 17.6 Å². The summed E-state index contributed by atoms with van der Waals surface area (Å²) in [5.41, 5.74) is 1.24. The van der Waals surface area contributed by atoms with E-state index >= 15 is 0 Å². The standard InChI is InChI=1S/C18H16BrNO3S/c19-14-7-5-13(6-8-14)18(21)23-16-4-2-1-3-15(16)17(24)20-9-11-22-12-10-20/h1-8H,9-12H2. The summed E-state index contributed by atoms with van der Waals surface area (Å²) in [6.45, 7) is 2.80. The number of halogens is 1. The van der Waals surface area contributed by atoms with Crippen LogP contribution in [-0.4, -0.2) is 42.2 Å². The summed E-state index contributed by atoms with van der Waals surface area (Å²) in [6.07, 6.45) is 0. The number of hydrogen-bond acceptors (Lipinski definition) is 4. The normalized spacial score (nSPS) is 14.3. The number of carbonyl (C=O) groups excluding carboxylic acids is 1. The molecular weight excluding hydrogens is 390 g/mol. The Hall–Kier alpha value is -1.76. The van der Waals surface area contributed by atoms with E-state index in [4.69, 9.17) is 21.7 Å². The van der Waals surface area contributed by atoms with Crippen molar-refractivity contribution < 1.29 is 14.3 Å². The Balaban J connectivity index is 1.79. The summed E-state index contributed by atoms with van der Waals surface area (Å²) in [6, 6.07) is 14.4. The summed E-state index contributed by atoms with van der Waals surface area (Å²) in [5, 5.41) is 0. The zero-order chi connectivity index (χ0) is 16.9. The van der Waals surface area contributed by atoms with Gasteiger partial charge in [-0.3, -0.25) is 0 Å². The SMILES string of the molecule is O=C(Oc1ccccc1C(=S)N1CCOCC1)c1ccc(Br)cc1. The van der Waals surface area contributed by atoms with Crippen molar-refractivity contribution >= 4 is 39.1 Å². The van der Waals surface area contributed by atoms with Crippen LogP contribution in [0.2, 0.25) is 0 Å². The molecule has 0 bridgehead atoms. The molecule has 6 heteroatoms. The Morgan fingerprint density at radius 2 is 1.75 bits per heavy atom. The van der Waals surface area contributed by atoms with Crippen LogP contribution in [0.25, 0.3) is 0 Å². The number of ether oxygens (including phenoxy) is 2. The van der Waals surface area contributed by atoms with Crippen molar-refractivity contribution in [3.05, 3.63) is 64.1 Å². The minimum absolute atomic E-state index is 0.403. The van der Waals surface area contributed by atoms with Crippen molar-refractivity contribution in [2.24, 2.45) is 0 Å². The molecular formula is C18H16BrNO3S. The van der Waals surface area contributed by atoms with Crippen molar-refractivity contribution in [3.63, 3.8) is 0 Å². The molecule has 1 heterocycles. The Morgan fingerprint density at radius 1 is 1.08 bits per heavy atom. The number of nitrogens with zero attached hydrogens (tertiary/aromatic N) is 1. The monoisotopic (exact) mass is 405 g/mol. The van der Waals surface area contributed by atoms with Crippen LogP contribution in [0.15, 0.2) is 53.0 Å². The van der Waals surface area contributed by atoms with Gasteiger partial charge in [-0.25, -0.2) is 4.79 Å². The lowest BCUT2D eigenvalue weighted by Crippen LogP contribution is -2.40. The van der Waals surface area contributed by atoms with Crippen LogP contribution in [-0.2, 0) is 4.74 Å². The third-order valence-electron chi connectivity index (χ3n) is 3.70. The van der Waals surface area contributed by atoms with Crippen molar-refractivity contribution in [3.8, 4) is 5.75 Å². The first-order valence-electron chi connectivity index (χ1n) is 7.59. The number of para-hydroxylation sites is 1. The number of morpholine rings is 1. The van der Waals surface area contributed by atoms with Crippen LogP contribution in [0.4, 0.5) is 0 Å². The largest absolute Gasteiger partial charge is 0.422 e. The predicted octanol–water partition coefficient (Wildman–Crippen LogP) is 3.68. The molecule has 0 radical (unpaired) electrons. The Labute approximate surface area is 154 Å². The molecule has 2 aromatic rings. The quantitative estimate of drug-likeness (QED) is 0.442. The molecule has 1 fully saturated rings. The maximum absolute atomic E-state index is 12.4. The van der Waals surface area contributed by atoms with Gasteiger partial charge < -0.3 is 14.4 Å². The van der Waals surface area contributed by atoms with Crippen LogP contribution < -0.4 is 4.74 Å². The molecule has 3 rings (SSSR count). The lowest BCUT2D eigenvalue weighted by Gasteiger charge is -2.29. The number of carbonyl (C=O) groups is 1. The van der Waals surface area contributed by atoms with Crippen molar-refractivity contribution in [1.29, 1.82) is 0 Å². The molecule has 124 valence electrons. The average molecular weight is 406 g/mol. The zero-order valence-corrected chi connectivity index (χ0v) is 15.3. The first-order chi connectivity index (χ1) is 11.6. The molecule has 0 N–H and O–H groups in total. The van der Waals surface area contributed by atoms with Crippen molar-refractivity contribution in [2.45, 2.75) is 0 Å². The lowest BCUT2D eigenvalue weighted by atomic mass is 10.1. The number of hydrogen-bond donors (Lipinski definition) is 0. The molecule has 2 aromatic carbocycles. The molecule has 0 unspecified atom stereocenters. The molecule has 0 atom stereocenters. The smallest absolute Gasteiger partial charge is 0.343 e. The minimum Gasteiger partial charge on any atom is -0.422 e. The average Bonchev–Trinajstić information content (AvgIpc) is 2.63. The first-order valence-corrected chi connectivity index (χ1v) is 8.79. The van der Waals surface area contributed by atoms with E-state index in [0.29, 0.717) is 29.5 Å². The third kappa shape index (κ3) is 4.01. The summed E-state index contributed by atoms with van der Waals surface area (Å²) >= 11 is 8.94. The molecule has 0 saturated carbocycles. The summed E-state index contributed by atoms with van der Waals surface area (Å²) in [5.74, 6) is 0.0710. The number of thiocarbonyl (C=S) groups is 1. The molecule has 1 saturated heterocycles. The highest BCUT2D eigenvalue weighted by Crippen LogP contribution is 2.23. The highest BCUT2D eigenvalue weighted by Gasteiger charge is 2.19. The predicted molar refractivity (Wildman–Crippen MR) is 99.6 cm³/mol. The second-order valence-electron chi connectivity index (χ2n) is 5.30. The highest BCUT2D eigenvalue weighted by molar-refractivity contribution is 9.10. The minimum atomic E-state index is -0.403. The topological polar surface area (TPSA) is 38.8 Å². The second-order valence-corrected chi connectivity index (χ2v) is 6.60. The summed E-state index contributed by atoms with van der Waals surface area (Å²) in [7, 11) is 0. The summed E-state index contributed by atoms with van der Waals surface area (Å²) < 4.78 is 11.9. The molecule has 0 amide bonds. The molecule has 1 aliphatic heterocycles. The van der Waals surface area contributed by atoms with Gasteiger partial charge >= 0.3 is 5.97 Å². The van der Waals surface area contributed by atoms with Crippen LogP contribution >= 0.6 is 28.1 Å². The zero-order valence-electron chi connectivity index (χ0n) is 12.9. The van der Waals surface area contributed by atoms with E-state index < -0.39 is 5.97 Å². The fourth-order valence-corrected chi connectivity index (χ4v) is 3.03. The van der Waals surface area contributed by atoms with Gasteiger partial charge in [-0.05, 0) is 36.4 Å². The fraction of sp³-hybridized carbons (Fsp3) is 0.222. The van der Waals surface area contributed by atoms with Crippen molar-refractivity contribution in [2.75, 3.05) is 26.3 Å². The van der Waals surface area contributed by atoms with Gasteiger partial charge in [-0.15, -0.1) is 0 Å². The van der Waals surface area contributed by atoms with Crippen LogP contribution in [0.3, 0.4) is 0 Å². The van der Waals surface area contributed by atoms with E-state index in [1.54, 1.807) is 30.3 Å². The van der Waals surface area contributed by atoms with Gasteiger partial charge in [0.1, 0.15) is 10.7 Å². The van der Waals surface area contributed by atoms with Crippen molar-refractivity contribution in [1.82, 2.24) is 4.90 Å². The summed E-state index contributed by atoms with van der Waals surface area (Å²) in [4.78, 5) is 15.1. The van der Waals surface area contributed by atoms with Gasteiger partial charge in [0.2, 0.25) is 0 Å². The molecule has 24 heavy (non-hydrogen) atoms. The van der Waals surface area contributed by atoms with E-state index in [1.165, 1.54) is 0 Å². The van der Waals surface area contributed by atoms with E-state index in [9.17, 15) is 4.79 Å². The second kappa shape index (κ2) is 7.88. The van der Waals surface area contributed by atoms with E-state index in [1.807, 2.05) is 18.2 Å². The van der Waals surface area contributed by atoms with Gasteiger partial charge in [-0.2, -0.15) is 0 Å². The first kappa shape index (κ1) is 17.1. The molecule has 0 aliphatic carbocycles. The van der Waals surface area contributed by atoms with E-state index in [-0.39, 0.29) is 0 Å². The van der Waals surface area contributed by atoms with Crippen LogP contribution in [0.5, 0.6) is 5.75 Å². The van der Waals surface area contributed by atoms with E-state index in [0.717, 1.165) is 23.1 Å². The number of rotatable bonds is 3. The van der Waals surface area contributed by atoms with Gasteiger partial charge in [0.05, 0.1) is 24.3 Å². The van der Waals surface area contributed by atoms with Gasteiger partial charge in [0.15, 0.2) is 0 Å². The maximum Gasteiger partial charge on any atom is 0.343 e. The fourth-order valence-electron chi connectivity index (χ4n) is 2.41. The number of esters is 1. The van der Waals surface area contributed by atoms with Crippen LogP contribution in [0, 0.1) is 0 Å². The maximum atomic E-state index is 12.4. The lowest BCUT2D eigenvalue weighted by molar-refractivity contribution is 0.0687. The molecule has 1 aliphatic rings.